The van der Waals surface area contributed by atoms with Crippen molar-refractivity contribution in [1.29, 1.82) is 0 Å². The smallest absolute Gasteiger partial charge is 0.273 e. The number of aromatic nitrogens is 2. The molecular formula is C48H56N8O12. The van der Waals surface area contributed by atoms with E-state index >= 15 is 0 Å². The number of fused-ring (bicyclic) bond motifs is 2. The van der Waals surface area contributed by atoms with Gasteiger partial charge in [-0.25, -0.2) is 9.97 Å². The van der Waals surface area contributed by atoms with Crippen molar-refractivity contribution in [1.82, 2.24) is 36.1 Å². The molecule has 3 aromatic rings. The van der Waals surface area contributed by atoms with Gasteiger partial charge in [0.1, 0.15) is 23.1 Å². The molecule has 0 spiro atoms. The molecule has 0 bridgehead atoms. The largest absolute Gasteiger partial charge is 0.483 e. The van der Waals surface area contributed by atoms with E-state index in [0.717, 1.165) is 24.2 Å². The van der Waals surface area contributed by atoms with Crippen molar-refractivity contribution < 1.29 is 57.4 Å². The zero-order chi connectivity index (χ0) is 48.0. The lowest BCUT2D eigenvalue weighted by atomic mass is 9.80. The Kier molecular flexibility index (Phi) is 16.7. The zero-order valence-electron chi connectivity index (χ0n) is 37.7. The summed E-state index contributed by atoms with van der Waals surface area (Å²) in [6, 6.07) is 11.2. The SMILES string of the molecule is O=C(CCCOCCOCCNC(=O)COc1cccc2c1C(=O)N(C1CCC(=O)NC1=O)C2=O)CCCC(=O)NC1(C(=O)Nc2nccnc2C(=O)NC2Cc3ccccc3C2)CCCCC1. The van der Waals surface area contributed by atoms with Crippen molar-refractivity contribution >= 4 is 58.9 Å². The lowest BCUT2D eigenvalue weighted by molar-refractivity contribution is -0.136. The molecule has 2 aliphatic heterocycles. The Labute approximate surface area is 392 Å². The number of benzene rings is 2. The minimum Gasteiger partial charge on any atom is -0.483 e. The van der Waals surface area contributed by atoms with E-state index < -0.39 is 59.5 Å². The molecule has 5 N–H and O–H groups in total. The fourth-order valence-corrected chi connectivity index (χ4v) is 8.96. The van der Waals surface area contributed by atoms with Gasteiger partial charge in [0.2, 0.25) is 17.7 Å². The third-order valence-electron chi connectivity index (χ3n) is 12.4. The first-order valence-electron chi connectivity index (χ1n) is 23.1. The second-order valence-corrected chi connectivity index (χ2v) is 17.2. The summed E-state index contributed by atoms with van der Waals surface area (Å²) in [6.45, 7) is 0.738. The summed E-state index contributed by atoms with van der Waals surface area (Å²) >= 11 is 0. The van der Waals surface area contributed by atoms with Gasteiger partial charge in [0, 0.05) is 57.3 Å². The van der Waals surface area contributed by atoms with Gasteiger partial charge in [-0.1, -0.05) is 49.6 Å². The third kappa shape index (κ3) is 12.3. The van der Waals surface area contributed by atoms with Crippen molar-refractivity contribution in [3.63, 3.8) is 0 Å². The summed E-state index contributed by atoms with van der Waals surface area (Å²) in [7, 11) is 0. The fraction of sp³-hybridized carbons (Fsp3) is 0.479. The predicted octanol–water partition coefficient (Wildman–Crippen LogP) is 2.28. The molecule has 2 aliphatic carbocycles. The number of piperidine rings is 1. The second-order valence-electron chi connectivity index (χ2n) is 17.2. The Morgan fingerprint density at radius 3 is 2.25 bits per heavy atom. The number of anilines is 1. The van der Waals surface area contributed by atoms with Crippen LogP contribution in [0.3, 0.4) is 0 Å². The van der Waals surface area contributed by atoms with Gasteiger partial charge in [0.25, 0.3) is 29.5 Å². The molecular weight excluding hydrogens is 881 g/mol. The van der Waals surface area contributed by atoms with E-state index in [4.69, 9.17) is 14.2 Å². The molecule has 4 aliphatic rings. The highest BCUT2D eigenvalue weighted by atomic mass is 16.5. The van der Waals surface area contributed by atoms with E-state index in [9.17, 15) is 43.2 Å². The Hall–Kier alpha value is -6.93. The molecule has 68 heavy (non-hydrogen) atoms. The van der Waals surface area contributed by atoms with Crippen molar-refractivity contribution in [2.45, 2.75) is 108 Å². The Morgan fingerprint density at radius 2 is 1.50 bits per heavy atom. The van der Waals surface area contributed by atoms with Crippen molar-refractivity contribution in [3.8, 4) is 5.75 Å². The average Bonchev–Trinajstić information content (AvgIpc) is 3.85. The lowest BCUT2D eigenvalue weighted by Gasteiger charge is -2.36. The summed E-state index contributed by atoms with van der Waals surface area (Å²) in [5, 5.41) is 13.6. The summed E-state index contributed by atoms with van der Waals surface area (Å²) in [5.41, 5.74) is 1.16. The number of imide groups is 2. The van der Waals surface area contributed by atoms with Gasteiger partial charge in [-0.2, -0.15) is 0 Å². The van der Waals surface area contributed by atoms with Crippen molar-refractivity contribution in [2.75, 3.05) is 44.9 Å². The maximum Gasteiger partial charge on any atom is 0.273 e. The maximum absolute atomic E-state index is 13.9. The molecule has 1 saturated carbocycles. The van der Waals surface area contributed by atoms with Gasteiger partial charge in [0.15, 0.2) is 18.1 Å². The summed E-state index contributed by atoms with van der Waals surface area (Å²) in [5.74, 6) is -4.33. The summed E-state index contributed by atoms with van der Waals surface area (Å²) in [6.07, 6.45) is 8.78. The Balaban J connectivity index is 0.731. The van der Waals surface area contributed by atoms with Crippen molar-refractivity contribution in [2.24, 2.45) is 0 Å². The van der Waals surface area contributed by atoms with Crippen LogP contribution >= 0.6 is 0 Å². The molecule has 1 aromatic heterocycles. The Morgan fingerprint density at radius 1 is 0.779 bits per heavy atom. The molecule has 8 amide bonds. The molecule has 360 valence electrons. The number of hydrogen-bond acceptors (Lipinski definition) is 14. The van der Waals surface area contributed by atoms with Crippen LogP contribution in [0.2, 0.25) is 0 Å². The number of ketones is 1. The van der Waals surface area contributed by atoms with E-state index in [2.05, 4.69) is 36.6 Å². The average molecular weight is 937 g/mol. The highest BCUT2D eigenvalue weighted by Gasteiger charge is 2.46. The van der Waals surface area contributed by atoms with Gasteiger partial charge >= 0.3 is 0 Å². The zero-order valence-corrected chi connectivity index (χ0v) is 37.7. The van der Waals surface area contributed by atoms with Crippen LogP contribution in [0.1, 0.15) is 119 Å². The number of Topliss-reactive ketones (excluding diaryl/α,β-unsaturated/α-hetero) is 1. The van der Waals surface area contributed by atoms with Gasteiger partial charge in [-0.15, -0.1) is 0 Å². The first-order valence-corrected chi connectivity index (χ1v) is 23.1. The number of nitrogens with one attached hydrogen (secondary N) is 5. The van der Waals surface area contributed by atoms with Crippen LogP contribution in [0.25, 0.3) is 0 Å². The third-order valence-corrected chi connectivity index (χ3v) is 12.4. The molecule has 20 nitrogen and oxygen atoms in total. The topological polar surface area (TPSA) is 270 Å². The van der Waals surface area contributed by atoms with Gasteiger partial charge < -0.3 is 35.5 Å². The van der Waals surface area contributed by atoms with E-state index in [1.807, 2.05) is 24.3 Å². The summed E-state index contributed by atoms with van der Waals surface area (Å²) in [4.78, 5) is 125. The number of carbonyl (C=O) groups is 9. The van der Waals surface area contributed by atoms with Crippen LogP contribution < -0.4 is 31.3 Å². The minimum atomic E-state index is -1.19. The number of carbonyl (C=O) groups excluding carboxylic acids is 9. The molecule has 0 radical (unpaired) electrons. The normalized spacial score (nSPS) is 17.5. The van der Waals surface area contributed by atoms with Crippen LogP contribution in [0.4, 0.5) is 5.82 Å². The van der Waals surface area contributed by atoms with Crippen LogP contribution in [0.5, 0.6) is 5.75 Å². The molecule has 1 atom stereocenters. The van der Waals surface area contributed by atoms with Gasteiger partial charge in [0.05, 0.1) is 30.9 Å². The van der Waals surface area contributed by atoms with E-state index in [1.165, 1.54) is 41.7 Å². The van der Waals surface area contributed by atoms with Crippen LogP contribution in [-0.4, -0.2) is 125 Å². The van der Waals surface area contributed by atoms with Crippen LogP contribution in [-0.2, 0) is 51.1 Å². The van der Waals surface area contributed by atoms with E-state index in [0.29, 0.717) is 45.1 Å². The van der Waals surface area contributed by atoms with Crippen LogP contribution in [0.15, 0.2) is 54.9 Å². The number of nitrogens with zero attached hydrogens (tertiary/aromatic N) is 3. The number of ether oxygens (including phenoxy) is 3. The number of amides is 8. The highest BCUT2D eigenvalue weighted by Crippen LogP contribution is 2.34. The highest BCUT2D eigenvalue weighted by molar-refractivity contribution is 6.24. The van der Waals surface area contributed by atoms with Gasteiger partial charge in [-0.05, 0) is 68.2 Å². The van der Waals surface area contributed by atoms with Gasteiger partial charge in [-0.3, -0.25) is 53.4 Å². The van der Waals surface area contributed by atoms with Crippen LogP contribution in [0, 0.1) is 0 Å². The predicted molar refractivity (Wildman–Crippen MR) is 241 cm³/mol. The van der Waals surface area contributed by atoms with E-state index in [-0.39, 0.29) is 105 Å². The quantitative estimate of drug-likeness (QED) is 0.0675. The van der Waals surface area contributed by atoms with E-state index in [1.54, 1.807) is 0 Å². The molecule has 7 rings (SSSR count). The Bertz CT molecular complexity index is 2400. The number of rotatable bonds is 23. The second kappa shape index (κ2) is 23.2. The molecule has 3 heterocycles. The monoisotopic (exact) mass is 936 g/mol. The standard InChI is InChI=1S/C48H56N8O12/c57-33(12-8-23-66-25-26-67-24-22-49-39(60)29-68-36-14-7-13-34-40(36)46(64)56(45(34)63)35-16-17-37(58)53-43(35)61)11-6-15-38(59)55-48(18-4-1-5-19-48)47(65)54-42-41(50-20-21-51-42)44(62)52-32-27-30-9-2-3-10-31(30)28-32/h2-3,7,9-10,13-14,20-21,32,35H,1,4-6,8,11-12,15-19,22-29H2,(H,49,60)(H,52,62)(H,55,59)(H,51,54,65)(H,53,58,61). The molecule has 1 unspecified atom stereocenters. The first kappa shape index (κ1) is 49.0. The number of hydrogen-bond donors (Lipinski definition) is 5. The van der Waals surface area contributed by atoms with Crippen molar-refractivity contribution in [3.05, 3.63) is 82.8 Å². The molecule has 1 saturated heterocycles. The summed E-state index contributed by atoms with van der Waals surface area (Å²) < 4.78 is 16.6. The molecule has 2 fully saturated rings. The first-order chi connectivity index (χ1) is 32.9. The fourth-order valence-electron chi connectivity index (χ4n) is 8.96. The maximum atomic E-state index is 13.9. The lowest BCUT2D eigenvalue weighted by Crippen LogP contribution is -2.58. The minimum absolute atomic E-state index is 0.00456. The molecule has 20 heteroatoms. The molecule has 2 aromatic carbocycles.